The standard InChI is InChI=1S/C21H19NO5/c1-13-4-7-18-16(10-13)21(24)14(12-27-18)5-9-20(23)22-17-11-15(25-2)6-8-19(17)26-3/h4-12H,1-3H3,(H,22,23)/b9-5+. The van der Waals surface area contributed by atoms with E-state index < -0.39 is 5.91 Å². The molecule has 0 fully saturated rings. The van der Waals surface area contributed by atoms with E-state index in [2.05, 4.69) is 5.32 Å². The van der Waals surface area contributed by atoms with Crippen LogP contribution in [0.3, 0.4) is 0 Å². The van der Waals surface area contributed by atoms with Crippen molar-refractivity contribution >= 4 is 28.6 Å². The first kappa shape index (κ1) is 18.3. The molecule has 0 spiro atoms. The molecule has 0 saturated heterocycles. The first-order valence-electron chi connectivity index (χ1n) is 8.25. The maximum absolute atomic E-state index is 12.6. The molecule has 1 heterocycles. The Morgan fingerprint density at radius 1 is 1.11 bits per heavy atom. The minimum absolute atomic E-state index is 0.192. The lowest BCUT2D eigenvalue weighted by molar-refractivity contribution is -0.111. The van der Waals surface area contributed by atoms with Gasteiger partial charge in [-0.1, -0.05) is 11.6 Å². The van der Waals surface area contributed by atoms with Crippen LogP contribution in [0.4, 0.5) is 5.69 Å². The predicted molar refractivity (Wildman–Crippen MR) is 104 cm³/mol. The van der Waals surface area contributed by atoms with E-state index in [4.69, 9.17) is 13.9 Å². The summed E-state index contributed by atoms with van der Waals surface area (Å²) in [4.78, 5) is 24.8. The molecule has 0 aliphatic heterocycles. The van der Waals surface area contributed by atoms with Crippen LogP contribution in [0, 0.1) is 6.92 Å². The van der Waals surface area contributed by atoms with Gasteiger partial charge < -0.3 is 19.2 Å². The Balaban J connectivity index is 1.84. The fourth-order valence-electron chi connectivity index (χ4n) is 2.63. The lowest BCUT2D eigenvalue weighted by atomic mass is 10.1. The first-order valence-corrected chi connectivity index (χ1v) is 8.25. The van der Waals surface area contributed by atoms with Gasteiger partial charge in [-0.3, -0.25) is 9.59 Å². The second-order valence-corrected chi connectivity index (χ2v) is 5.91. The van der Waals surface area contributed by atoms with E-state index in [1.165, 1.54) is 32.6 Å². The zero-order valence-electron chi connectivity index (χ0n) is 15.2. The molecule has 0 aliphatic rings. The SMILES string of the molecule is COc1ccc(OC)c(NC(=O)/C=C/c2coc3ccc(C)cc3c2=O)c1. The van der Waals surface area contributed by atoms with Crippen LogP contribution in [-0.2, 0) is 4.79 Å². The van der Waals surface area contributed by atoms with Gasteiger partial charge in [0.1, 0.15) is 23.3 Å². The number of anilines is 1. The van der Waals surface area contributed by atoms with Crippen molar-refractivity contribution in [3.8, 4) is 11.5 Å². The molecule has 6 heteroatoms. The lowest BCUT2D eigenvalue weighted by Gasteiger charge is -2.10. The van der Waals surface area contributed by atoms with Gasteiger partial charge in [0.05, 0.1) is 30.9 Å². The normalized spacial score (nSPS) is 10.9. The van der Waals surface area contributed by atoms with E-state index in [1.807, 2.05) is 13.0 Å². The third-order valence-electron chi connectivity index (χ3n) is 4.03. The van der Waals surface area contributed by atoms with Crippen LogP contribution in [0.25, 0.3) is 17.0 Å². The Kier molecular flexibility index (Phi) is 5.26. The molecule has 1 N–H and O–H groups in total. The number of fused-ring (bicyclic) bond motifs is 1. The summed E-state index contributed by atoms with van der Waals surface area (Å²) < 4.78 is 15.9. The molecule has 0 aliphatic carbocycles. The van der Waals surface area contributed by atoms with Crippen molar-refractivity contribution in [2.24, 2.45) is 0 Å². The van der Waals surface area contributed by atoms with E-state index in [0.29, 0.717) is 33.7 Å². The summed E-state index contributed by atoms with van der Waals surface area (Å²) in [6.07, 6.45) is 4.04. The number of benzene rings is 2. The molecular weight excluding hydrogens is 346 g/mol. The van der Waals surface area contributed by atoms with Crippen molar-refractivity contribution in [3.05, 3.63) is 70.1 Å². The molecule has 3 aromatic rings. The van der Waals surface area contributed by atoms with E-state index in [1.54, 1.807) is 30.3 Å². The molecule has 6 nitrogen and oxygen atoms in total. The number of hydrogen-bond acceptors (Lipinski definition) is 5. The summed E-state index contributed by atoms with van der Waals surface area (Å²) >= 11 is 0. The Morgan fingerprint density at radius 3 is 2.67 bits per heavy atom. The Morgan fingerprint density at radius 2 is 1.93 bits per heavy atom. The highest BCUT2D eigenvalue weighted by molar-refractivity contribution is 6.03. The van der Waals surface area contributed by atoms with Crippen LogP contribution in [0.15, 0.2) is 57.9 Å². The van der Waals surface area contributed by atoms with Crippen LogP contribution >= 0.6 is 0 Å². The molecule has 0 bridgehead atoms. The summed E-state index contributed by atoms with van der Waals surface area (Å²) in [6, 6.07) is 10.5. The highest BCUT2D eigenvalue weighted by Crippen LogP contribution is 2.28. The summed E-state index contributed by atoms with van der Waals surface area (Å²) in [5, 5.41) is 3.19. The molecule has 0 radical (unpaired) electrons. The molecule has 2 aromatic carbocycles. The number of hydrogen-bond donors (Lipinski definition) is 1. The van der Waals surface area contributed by atoms with Gasteiger partial charge in [-0.25, -0.2) is 0 Å². The third-order valence-corrected chi connectivity index (χ3v) is 4.03. The molecular formula is C21H19NO5. The number of ether oxygens (including phenoxy) is 2. The van der Waals surface area contributed by atoms with Gasteiger partial charge in [0.15, 0.2) is 5.43 Å². The maximum atomic E-state index is 12.6. The number of carbonyl (C=O) groups is 1. The lowest BCUT2D eigenvalue weighted by Crippen LogP contribution is -2.10. The van der Waals surface area contributed by atoms with E-state index in [0.717, 1.165) is 5.56 Å². The molecule has 0 atom stereocenters. The van der Waals surface area contributed by atoms with Crippen molar-refractivity contribution in [2.75, 3.05) is 19.5 Å². The smallest absolute Gasteiger partial charge is 0.248 e. The van der Waals surface area contributed by atoms with Crippen LogP contribution in [0.2, 0.25) is 0 Å². The second kappa shape index (κ2) is 7.78. The number of rotatable bonds is 5. The van der Waals surface area contributed by atoms with Gasteiger partial charge in [0, 0.05) is 12.1 Å². The van der Waals surface area contributed by atoms with Crippen LogP contribution in [0.5, 0.6) is 11.5 Å². The molecule has 138 valence electrons. The average molecular weight is 365 g/mol. The largest absolute Gasteiger partial charge is 0.497 e. The average Bonchev–Trinajstić information content (AvgIpc) is 2.67. The quantitative estimate of drug-likeness (QED) is 0.697. The van der Waals surface area contributed by atoms with Gasteiger partial charge >= 0.3 is 0 Å². The van der Waals surface area contributed by atoms with Crippen molar-refractivity contribution < 1.29 is 18.7 Å². The highest BCUT2D eigenvalue weighted by Gasteiger charge is 2.09. The molecule has 0 unspecified atom stereocenters. The maximum Gasteiger partial charge on any atom is 0.248 e. The van der Waals surface area contributed by atoms with Crippen LogP contribution < -0.4 is 20.2 Å². The van der Waals surface area contributed by atoms with Gasteiger partial charge in [-0.05, 0) is 37.3 Å². The van der Waals surface area contributed by atoms with Gasteiger partial charge in [-0.2, -0.15) is 0 Å². The van der Waals surface area contributed by atoms with E-state index in [-0.39, 0.29) is 5.43 Å². The molecule has 27 heavy (non-hydrogen) atoms. The highest BCUT2D eigenvalue weighted by atomic mass is 16.5. The third kappa shape index (κ3) is 4.00. The Labute approximate surface area is 156 Å². The second-order valence-electron chi connectivity index (χ2n) is 5.91. The predicted octanol–water partition coefficient (Wildman–Crippen LogP) is 3.77. The fraction of sp³-hybridized carbons (Fsp3) is 0.143. The summed E-state index contributed by atoms with van der Waals surface area (Å²) in [5.41, 5.74) is 2.03. The minimum atomic E-state index is -0.412. The summed E-state index contributed by atoms with van der Waals surface area (Å²) in [6.45, 7) is 1.90. The number of aryl methyl sites for hydroxylation is 1. The van der Waals surface area contributed by atoms with Gasteiger partial charge in [0.2, 0.25) is 5.91 Å². The summed E-state index contributed by atoms with van der Waals surface area (Å²) in [7, 11) is 3.05. The van der Waals surface area contributed by atoms with Crippen molar-refractivity contribution in [2.45, 2.75) is 6.92 Å². The van der Waals surface area contributed by atoms with E-state index >= 15 is 0 Å². The topological polar surface area (TPSA) is 77.8 Å². The first-order chi connectivity index (χ1) is 13.0. The number of carbonyl (C=O) groups excluding carboxylic acids is 1. The van der Waals surface area contributed by atoms with Gasteiger partial charge in [0.25, 0.3) is 0 Å². The van der Waals surface area contributed by atoms with Crippen molar-refractivity contribution in [1.82, 2.24) is 0 Å². The number of nitrogens with one attached hydrogen (secondary N) is 1. The molecule has 0 saturated carbocycles. The molecule has 3 rings (SSSR count). The van der Waals surface area contributed by atoms with E-state index in [9.17, 15) is 9.59 Å². The Hall–Kier alpha value is -3.54. The monoisotopic (exact) mass is 365 g/mol. The van der Waals surface area contributed by atoms with Crippen molar-refractivity contribution in [1.29, 1.82) is 0 Å². The van der Waals surface area contributed by atoms with Crippen molar-refractivity contribution in [3.63, 3.8) is 0 Å². The fourth-order valence-corrected chi connectivity index (χ4v) is 2.63. The van der Waals surface area contributed by atoms with Crippen LogP contribution in [0.1, 0.15) is 11.1 Å². The molecule has 1 amide bonds. The Bertz CT molecular complexity index is 1080. The zero-order chi connectivity index (χ0) is 19.4. The zero-order valence-corrected chi connectivity index (χ0v) is 15.2. The summed E-state index contributed by atoms with van der Waals surface area (Å²) in [5.74, 6) is 0.671. The minimum Gasteiger partial charge on any atom is -0.497 e. The number of methoxy groups -OCH3 is 2. The van der Waals surface area contributed by atoms with Gasteiger partial charge in [-0.15, -0.1) is 0 Å². The molecule has 1 aromatic heterocycles. The number of amides is 1. The van der Waals surface area contributed by atoms with Crippen LogP contribution in [-0.4, -0.2) is 20.1 Å².